The molecule has 0 saturated heterocycles. The smallest absolute Gasteiger partial charge is 0.138 e. The summed E-state index contributed by atoms with van der Waals surface area (Å²) < 4.78 is 0. The molecule has 1 atom stereocenters. The molecule has 0 saturated carbocycles. The number of aromatic amines is 1. The van der Waals surface area contributed by atoms with Gasteiger partial charge in [-0.25, -0.2) is 0 Å². The average Bonchev–Trinajstić information content (AvgIpc) is 2.37. The Morgan fingerprint density at radius 2 is 2.67 bits per heavy atom. The largest absolute Gasteiger partial charge is 0.302 e. The van der Waals surface area contributed by atoms with Gasteiger partial charge in [-0.2, -0.15) is 5.10 Å². The third kappa shape index (κ3) is 1.38. The van der Waals surface area contributed by atoms with Gasteiger partial charge in [-0.15, -0.1) is 0 Å². The molecule has 1 heterocycles. The molecule has 0 amide bonds. The third-order valence-corrected chi connectivity index (χ3v) is 1.70. The maximum Gasteiger partial charge on any atom is 0.138 e. The molecule has 1 unspecified atom stereocenters. The van der Waals surface area contributed by atoms with Crippen molar-refractivity contribution >= 4 is 22.2 Å². The number of aromatic nitrogens is 2. The Morgan fingerprint density at radius 1 is 1.89 bits per heavy atom. The van der Waals surface area contributed by atoms with E-state index >= 15 is 0 Å². The van der Waals surface area contributed by atoms with Crippen LogP contribution in [0.3, 0.4) is 0 Å². The second-order valence-electron chi connectivity index (χ2n) is 1.57. The van der Waals surface area contributed by atoms with Crippen LogP contribution in [-0.4, -0.2) is 16.5 Å². The minimum atomic E-state index is -0.226. The Hall–Kier alpha value is -0.640. The van der Waals surface area contributed by atoms with Crippen molar-refractivity contribution in [2.24, 2.45) is 0 Å². The molecule has 4 heteroatoms. The first kappa shape index (κ1) is 6.48. The fourth-order valence-corrected chi connectivity index (χ4v) is 0.741. The van der Waals surface area contributed by atoms with Crippen molar-refractivity contribution in [3.63, 3.8) is 0 Å². The molecule has 1 aromatic heterocycles. The second kappa shape index (κ2) is 2.77. The summed E-state index contributed by atoms with van der Waals surface area (Å²) >= 11 is 3.14. The fourth-order valence-electron chi connectivity index (χ4n) is 0.490. The number of alkyl halides is 1. The maximum absolute atomic E-state index is 10.1. The van der Waals surface area contributed by atoms with Crippen LogP contribution in [0.25, 0.3) is 0 Å². The molecule has 0 aliphatic heterocycles. The van der Waals surface area contributed by atoms with E-state index in [2.05, 4.69) is 26.1 Å². The van der Waals surface area contributed by atoms with Crippen LogP contribution in [-0.2, 0) is 4.79 Å². The molecule has 48 valence electrons. The van der Waals surface area contributed by atoms with E-state index in [9.17, 15) is 4.79 Å². The van der Waals surface area contributed by atoms with E-state index in [-0.39, 0.29) is 4.83 Å². The van der Waals surface area contributed by atoms with Gasteiger partial charge < -0.3 is 4.79 Å². The van der Waals surface area contributed by atoms with Gasteiger partial charge in [-0.05, 0) is 0 Å². The zero-order chi connectivity index (χ0) is 6.69. The number of hydrogen-bond donors (Lipinski definition) is 1. The quantitative estimate of drug-likeness (QED) is 0.558. The molecular weight excluding hydrogens is 184 g/mol. The van der Waals surface area contributed by atoms with Crippen LogP contribution in [0.15, 0.2) is 12.4 Å². The summed E-state index contributed by atoms with van der Waals surface area (Å²) in [6, 6.07) is 0. The number of carbonyl (C=O) groups is 1. The second-order valence-corrected chi connectivity index (χ2v) is 2.56. The van der Waals surface area contributed by atoms with Crippen LogP contribution >= 0.6 is 15.9 Å². The standard InChI is InChI=1S/C5H5BrN2O/c6-5(3-9)4-1-7-8-2-4/h1-3,5H,(H,7,8). The summed E-state index contributed by atoms with van der Waals surface area (Å²) in [7, 11) is 0. The first-order chi connectivity index (χ1) is 4.34. The highest BCUT2D eigenvalue weighted by Gasteiger charge is 2.04. The van der Waals surface area contributed by atoms with Crippen LogP contribution in [0.2, 0.25) is 0 Å². The number of nitrogens with one attached hydrogen (secondary N) is 1. The topological polar surface area (TPSA) is 45.8 Å². The number of halogens is 1. The van der Waals surface area contributed by atoms with Gasteiger partial charge in [0, 0.05) is 11.8 Å². The van der Waals surface area contributed by atoms with E-state index in [1.165, 1.54) is 0 Å². The van der Waals surface area contributed by atoms with Crippen LogP contribution in [0.5, 0.6) is 0 Å². The van der Waals surface area contributed by atoms with Crippen molar-refractivity contribution in [3.8, 4) is 0 Å². The van der Waals surface area contributed by atoms with Gasteiger partial charge in [-0.1, -0.05) is 15.9 Å². The van der Waals surface area contributed by atoms with E-state index < -0.39 is 0 Å². The van der Waals surface area contributed by atoms with E-state index in [4.69, 9.17) is 0 Å². The Balaban J connectivity index is 2.76. The lowest BCUT2D eigenvalue weighted by Gasteiger charge is -1.91. The predicted octanol–water partition coefficient (Wildman–Crippen LogP) is 1.04. The van der Waals surface area contributed by atoms with Crippen molar-refractivity contribution in [1.29, 1.82) is 0 Å². The summed E-state index contributed by atoms with van der Waals surface area (Å²) in [5.74, 6) is 0. The Labute approximate surface area is 60.6 Å². The number of H-pyrrole nitrogens is 1. The van der Waals surface area contributed by atoms with Gasteiger partial charge in [0.15, 0.2) is 0 Å². The molecular formula is C5H5BrN2O. The van der Waals surface area contributed by atoms with Crippen molar-refractivity contribution in [1.82, 2.24) is 10.2 Å². The van der Waals surface area contributed by atoms with Crippen LogP contribution in [0.1, 0.15) is 10.4 Å². The number of carbonyl (C=O) groups excluding carboxylic acids is 1. The monoisotopic (exact) mass is 188 g/mol. The van der Waals surface area contributed by atoms with Crippen LogP contribution in [0, 0.1) is 0 Å². The van der Waals surface area contributed by atoms with Gasteiger partial charge >= 0.3 is 0 Å². The average molecular weight is 189 g/mol. The Bertz CT molecular complexity index is 185. The zero-order valence-electron chi connectivity index (χ0n) is 4.54. The third-order valence-electron chi connectivity index (χ3n) is 0.957. The molecule has 0 bridgehead atoms. The number of hydrogen-bond acceptors (Lipinski definition) is 2. The lowest BCUT2D eigenvalue weighted by atomic mass is 10.3. The molecule has 1 N–H and O–H groups in total. The molecule has 0 radical (unpaired) electrons. The number of aldehydes is 1. The molecule has 9 heavy (non-hydrogen) atoms. The summed E-state index contributed by atoms with van der Waals surface area (Å²) in [5.41, 5.74) is 0.852. The highest BCUT2D eigenvalue weighted by Crippen LogP contribution is 2.17. The number of rotatable bonds is 2. The van der Waals surface area contributed by atoms with Crippen molar-refractivity contribution in [3.05, 3.63) is 18.0 Å². The predicted molar refractivity (Wildman–Crippen MR) is 36.3 cm³/mol. The minimum Gasteiger partial charge on any atom is -0.302 e. The molecule has 0 fully saturated rings. The Morgan fingerprint density at radius 3 is 3.11 bits per heavy atom. The molecule has 1 rings (SSSR count). The first-order valence-electron chi connectivity index (χ1n) is 2.42. The highest BCUT2D eigenvalue weighted by atomic mass is 79.9. The van der Waals surface area contributed by atoms with Gasteiger partial charge in [0.2, 0.25) is 0 Å². The van der Waals surface area contributed by atoms with Crippen molar-refractivity contribution in [2.75, 3.05) is 0 Å². The molecule has 1 aromatic rings. The number of nitrogens with zero attached hydrogens (tertiary/aromatic N) is 1. The van der Waals surface area contributed by atoms with Crippen LogP contribution in [0.4, 0.5) is 0 Å². The van der Waals surface area contributed by atoms with Gasteiger partial charge in [0.05, 0.1) is 11.0 Å². The molecule has 0 aliphatic carbocycles. The molecule has 0 aliphatic rings. The summed E-state index contributed by atoms with van der Waals surface area (Å²) in [6.45, 7) is 0. The first-order valence-corrected chi connectivity index (χ1v) is 3.34. The molecule has 0 spiro atoms. The lowest BCUT2D eigenvalue weighted by Crippen LogP contribution is -1.85. The van der Waals surface area contributed by atoms with E-state index in [0.717, 1.165) is 11.8 Å². The van der Waals surface area contributed by atoms with Crippen molar-refractivity contribution < 1.29 is 4.79 Å². The molecule has 0 aromatic carbocycles. The van der Waals surface area contributed by atoms with Gasteiger partial charge in [-0.3, -0.25) is 5.10 Å². The highest BCUT2D eigenvalue weighted by molar-refractivity contribution is 9.09. The van der Waals surface area contributed by atoms with E-state index in [0.29, 0.717) is 0 Å². The summed E-state index contributed by atoms with van der Waals surface area (Å²) in [4.78, 5) is 9.89. The molecule has 3 nitrogen and oxygen atoms in total. The van der Waals surface area contributed by atoms with Crippen molar-refractivity contribution in [2.45, 2.75) is 4.83 Å². The minimum absolute atomic E-state index is 0.226. The van der Waals surface area contributed by atoms with E-state index in [1.807, 2.05) is 0 Å². The SMILES string of the molecule is O=CC(Br)c1cn[nH]c1. The van der Waals surface area contributed by atoms with Gasteiger partial charge in [0.1, 0.15) is 6.29 Å². The summed E-state index contributed by atoms with van der Waals surface area (Å²) in [5, 5.41) is 6.28. The summed E-state index contributed by atoms with van der Waals surface area (Å²) in [6.07, 6.45) is 4.09. The van der Waals surface area contributed by atoms with E-state index in [1.54, 1.807) is 12.4 Å². The Kier molecular flexibility index (Phi) is 2.00. The van der Waals surface area contributed by atoms with Gasteiger partial charge in [0.25, 0.3) is 0 Å². The maximum atomic E-state index is 10.1. The lowest BCUT2D eigenvalue weighted by molar-refractivity contribution is -0.107. The normalized spacial score (nSPS) is 13.0. The zero-order valence-corrected chi connectivity index (χ0v) is 6.13. The fraction of sp³-hybridized carbons (Fsp3) is 0.200. The van der Waals surface area contributed by atoms with Crippen LogP contribution < -0.4 is 0 Å².